The van der Waals surface area contributed by atoms with Gasteiger partial charge in [0.1, 0.15) is 12.0 Å². The van der Waals surface area contributed by atoms with Crippen molar-refractivity contribution < 1.29 is 8.78 Å². The number of nitrogen functional groups attached to an aromatic ring is 1. The zero-order valence-corrected chi connectivity index (χ0v) is 12.3. The minimum atomic E-state index is -0.920. The van der Waals surface area contributed by atoms with Crippen LogP contribution in [0.2, 0.25) is 0 Å². The number of rotatable bonds is 2. The molecule has 1 aromatic heterocycles. The van der Waals surface area contributed by atoms with Gasteiger partial charge in [0.05, 0.1) is 5.69 Å². The van der Waals surface area contributed by atoms with Gasteiger partial charge in [-0.2, -0.15) is 0 Å². The van der Waals surface area contributed by atoms with Crippen LogP contribution in [0.4, 0.5) is 20.3 Å². The van der Waals surface area contributed by atoms with Gasteiger partial charge in [-0.05, 0) is 25.2 Å². The number of halogens is 2. The second-order valence-electron chi connectivity index (χ2n) is 5.38. The number of benzene rings is 1. The number of piperazine rings is 1. The summed E-state index contributed by atoms with van der Waals surface area (Å²) in [6.07, 6.45) is 1.40. The van der Waals surface area contributed by atoms with E-state index in [0.717, 1.165) is 38.3 Å². The molecule has 1 aromatic carbocycles. The standard InChI is InChI=1S/C15H17F2N5/c1-21-4-6-22(7-5-21)15-13(18)14(19-9-20-15)10-2-3-11(16)12(17)8-10/h2-3,8-9H,4-7,18H2,1H3. The molecule has 0 bridgehead atoms. The van der Waals surface area contributed by atoms with Gasteiger partial charge in [0.25, 0.3) is 0 Å². The Bertz CT molecular complexity index is 684. The third-order valence-corrected chi connectivity index (χ3v) is 3.86. The quantitative estimate of drug-likeness (QED) is 0.916. The zero-order valence-electron chi connectivity index (χ0n) is 12.3. The van der Waals surface area contributed by atoms with Crippen LogP contribution in [0.15, 0.2) is 24.5 Å². The highest BCUT2D eigenvalue weighted by Crippen LogP contribution is 2.31. The van der Waals surface area contributed by atoms with E-state index in [1.165, 1.54) is 12.4 Å². The van der Waals surface area contributed by atoms with Crippen LogP contribution >= 0.6 is 0 Å². The summed E-state index contributed by atoms with van der Waals surface area (Å²) in [4.78, 5) is 12.7. The summed E-state index contributed by atoms with van der Waals surface area (Å²) < 4.78 is 26.5. The molecule has 7 heteroatoms. The highest BCUT2D eigenvalue weighted by molar-refractivity contribution is 5.80. The number of anilines is 2. The fourth-order valence-corrected chi connectivity index (χ4v) is 2.53. The van der Waals surface area contributed by atoms with E-state index in [1.54, 1.807) is 0 Å². The largest absolute Gasteiger partial charge is 0.394 e. The van der Waals surface area contributed by atoms with Gasteiger partial charge in [-0.15, -0.1) is 0 Å². The van der Waals surface area contributed by atoms with Crippen LogP contribution in [0.3, 0.4) is 0 Å². The van der Waals surface area contributed by atoms with Crippen molar-refractivity contribution in [2.45, 2.75) is 0 Å². The van der Waals surface area contributed by atoms with Gasteiger partial charge in [0.2, 0.25) is 0 Å². The van der Waals surface area contributed by atoms with Crippen molar-refractivity contribution >= 4 is 11.5 Å². The van der Waals surface area contributed by atoms with Gasteiger partial charge in [0, 0.05) is 31.7 Å². The lowest BCUT2D eigenvalue weighted by atomic mass is 10.1. The lowest BCUT2D eigenvalue weighted by Crippen LogP contribution is -2.45. The Balaban J connectivity index is 1.96. The Hall–Kier alpha value is -2.28. The molecule has 2 N–H and O–H groups in total. The van der Waals surface area contributed by atoms with Crippen molar-refractivity contribution in [2.24, 2.45) is 0 Å². The maximum absolute atomic E-state index is 13.4. The van der Waals surface area contributed by atoms with E-state index in [-0.39, 0.29) is 0 Å². The molecule has 2 aromatic rings. The van der Waals surface area contributed by atoms with Crippen LogP contribution in [-0.2, 0) is 0 Å². The van der Waals surface area contributed by atoms with Crippen molar-refractivity contribution in [3.63, 3.8) is 0 Å². The molecule has 1 fully saturated rings. The first-order valence-electron chi connectivity index (χ1n) is 7.05. The molecule has 1 aliphatic rings. The third kappa shape index (κ3) is 2.71. The zero-order chi connectivity index (χ0) is 15.7. The summed E-state index contributed by atoms with van der Waals surface area (Å²) in [5.41, 5.74) is 7.42. The average molecular weight is 305 g/mol. The van der Waals surface area contributed by atoms with E-state index in [1.807, 2.05) is 0 Å². The monoisotopic (exact) mass is 305 g/mol. The molecule has 0 spiro atoms. The van der Waals surface area contributed by atoms with E-state index in [2.05, 4.69) is 26.8 Å². The van der Waals surface area contributed by atoms with Crippen LogP contribution in [0.5, 0.6) is 0 Å². The molecular weight excluding hydrogens is 288 g/mol. The molecule has 5 nitrogen and oxygen atoms in total. The van der Waals surface area contributed by atoms with Gasteiger partial charge >= 0.3 is 0 Å². The van der Waals surface area contributed by atoms with Crippen molar-refractivity contribution in [2.75, 3.05) is 43.9 Å². The molecule has 1 aliphatic heterocycles. The van der Waals surface area contributed by atoms with Crippen molar-refractivity contribution in [3.8, 4) is 11.3 Å². The van der Waals surface area contributed by atoms with E-state index in [4.69, 9.17) is 5.73 Å². The van der Waals surface area contributed by atoms with Gasteiger partial charge in [-0.25, -0.2) is 18.7 Å². The Morgan fingerprint density at radius 1 is 1.05 bits per heavy atom. The van der Waals surface area contributed by atoms with E-state index in [9.17, 15) is 8.78 Å². The van der Waals surface area contributed by atoms with Crippen LogP contribution in [0.25, 0.3) is 11.3 Å². The molecule has 0 aliphatic carbocycles. The van der Waals surface area contributed by atoms with Gasteiger partial charge < -0.3 is 15.5 Å². The maximum atomic E-state index is 13.4. The van der Waals surface area contributed by atoms with Crippen LogP contribution < -0.4 is 10.6 Å². The number of hydrogen-bond acceptors (Lipinski definition) is 5. The Morgan fingerprint density at radius 2 is 1.77 bits per heavy atom. The summed E-state index contributed by atoms with van der Waals surface area (Å²) in [5.74, 6) is -1.17. The molecule has 2 heterocycles. The minimum Gasteiger partial charge on any atom is -0.394 e. The van der Waals surface area contributed by atoms with Crippen molar-refractivity contribution in [1.82, 2.24) is 14.9 Å². The van der Waals surface area contributed by atoms with E-state index in [0.29, 0.717) is 22.8 Å². The molecule has 0 amide bonds. The summed E-state index contributed by atoms with van der Waals surface area (Å²) in [6.45, 7) is 3.47. The van der Waals surface area contributed by atoms with Gasteiger partial charge in [-0.3, -0.25) is 0 Å². The Labute approximate surface area is 127 Å². The fourth-order valence-electron chi connectivity index (χ4n) is 2.53. The number of nitrogens with zero attached hydrogens (tertiary/aromatic N) is 4. The van der Waals surface area contributed by atoms with Crippen LogP contribution in [-0.4, -0.2) is 48.1 Å². The third-order valence-electron chi connectivity index (χ3n) is 3.86. The molecule has 1 saturated heterocycles. The number of aromatic nitrogens is 2. The molecule has 3 rings (SSSR count). The topological polar surface area (TPSA) is 58.3 Å². The first-order valence-corrected chi connectivity index (χ1v) is 7.05. The summed E-state index contributed by atoms with van der Waals surface area (Å²) >= 11 is 0. The molecular formula is C15H17F2N5. The predicted molar refractivity (Wildman–Crippen MR) is 81.5 cm³/mol. The maximum Gasteiger partial charge on any atom is 0.159 e. The first kappa shape index (κ1) is 14.6. The fraction of sp³-hybridized carbons (Fsp3) is 0.333. The summed E-state index contributed by atoms with van der Waals surface area (Å²) in [6, 6.07) is 3.63. The smallest absolute Gasteiger partial charge is 0.159 e. The summed E-state index contributed by atoms with van der Waals surface area (Å²) in [5, 5.41) is 0. The Kier molecular flexibility index (Phi) is 3.89. The van der Waals surface area contributed by atoms with E-state index < -0.39 is 11.6 Å². The first-order chi connectivity index (χ1) is 10.6. The lowest BCUT2D eigenvalue weighted by molar-refractivity contribution is 0.312. The molecule has 0 radical (unpaired) electrons. The number of likely N-dealkylation sites (N-methyl/N-ethyl adjacent to an activating group) is 1. The van der Waals surface area contributed by atoms with Gasteiger partial charge in [0.15, 0.2) is 17.5 Å². The Morgan fingerprint density at radius 3 is 2.45 bits per heavy atom. The molecule has 0 atom stereocenters. The number of nitrogens with two attached hydrogens (primary N) is 1. The molecule has 22 heavy (non-hydrogen) atoms. The second kappa shape index (κ2) is 5.84. The average Bonchev–Trinajstić information content (AvgIpc) is 2.51. The predicted octanol–water partition coefficient (Wildman–Crippen LogP) is 1.76. The second-order valence-corrected chi connectivity index (χ2v) is 5.38. The van der Waals surface area contributed by atoms with Crippen LogP contribution in [0.1, 0.15) is 0 Å². The van der Waals surface area contributed by atoms with Crippen LogP contribution in [0, 0.1) is 11.6 Å². The molecule has 0 saturated carbocycles. The molecule has 116 valence electrons. The van der Waals surface area contributed by atoms with Crippen molar-refractivity contribution in [3.05, 3.63) is 36.2 Å². The molecule has 0 unspecified atom stereocenters. The van der Waals surface area contributed by atoms with Crippen molar-refractivity contribution in [1.29, 1.82) is 0 Å². The SMILES string of the molecule is CN1CCN(c2ncnc(-c3ccc(F)c(F)c3)c2N)CC1. The highest BCUT2D eigenvalue weighted by atomic mass is 19.2. The minimum absolute atomic E-state index is 0.387. The lowest BCUT2D eigenvalue weighted by Gasteiger charge is -2.33. The van der Waals surface area contributed by atoms with Gasteiger partial charge in [-0.1, -0.05) is 0 Å². The highest BCUT2D eigenvalue weighted by Gasteiger charge is 2.20. The normalized spacial score (nSPS) is 16.0. The van der Waals surface area contributed by atoms with E-state index >= 15 is 0 Å². The number of hydrogen-bond donors (Lipinski definition) is 1. The summed E-state index contributed by atoms with van der Waals surface area (Å²) in [7, 11) is 2.06.